The third kappa shape index (κ3) is 4.96. The standard InChI is InChI=1S/C15H25NO4/c1-4-11-7-12(13(8-11)15(18)19)14(17)16-5-6-20-9-10(2)3/h11-13H,2,4-9H2,1,3H3,(H,16,17)(H,18,19)/t11?,12-,13+/m0/s1. The predicted octanol–water partition coefficient (Wildman–Crippen LogP) is 1.83. The number of ether oxygens (including phenoxy) is 1. The van der Waals surface area contributed by atoms with Gasteiger partial charge in [0, 0.05) is 6.54 Å². The normalized spacial score (nSPS) is 25.4. The van der Waals surface area contributed by atoms with E-state index in [1.54, 1.807) is 0 Å². The van der Waals surface area contributed by atoms with Gasteiger partial charge in [-0.2, -0.15) is 0 Å². The van der Waals surface area contributed by atoms with Gasteiger partial charge in [-0.05, 0) is 25.7 Å². The SMILES string of the molecule is C=C(C)COCCNC(=O)[C@H]1CC(CC)C[C@H]1C(=O)O. The van der Waals surface area contributed by atoms with Gasteiger partial charge < -0.3 is 15.2 Å². The monoisotopic (exact) mass is 283 g/mol. The predicted molar refractivity (Wildman–Crippen MR) is 76.3 cm³/mol. The Balaban J connectivity index is 2.37. The van der Waals surface area contributed by atoms with E-state index in [2.05, 4.69) is 11.9 Å². The first kappa shape index (κ1) is 16.7. The summed E-state index contributed by atoms with van der Waals surface area (Å²) in [5, 5.41) is 12.0. The third-order valence-corrected chi connectivity index (χ3v) is 3.79. The number of amides is 1. The van der Waals surface area contributed by atoms with Crippen molar-refractivity contribution >= 4 is 11.9 Å². The van der Waals surface area contributed by atoms with Crippen LogP contribution in [0, 0.1) is 17.8 Å². The second-order valence-corrected chi connectivity index (χ2v) is 5.60. The molecule has 1 rings (SSSR count). The second-order valence-electron chi connectivity index (χ2n) is 5.60. The van der Waals surface area contributed by atoms with Crippen LogP contribution in [0.4, 0.5) is 0 Å². The summed E-state index contributed by atoms with van der Waals surface area (Å²) < 4.78 is 5.29. The molecule has 3 atom stereocenters. The number of aliphatic carboxylic acids is 1. The van der Waals surface area contributed by atoms with Crippen LogP contribution in [0.15, 0.2) is 12.2 Å². The van der Waals surface area contributed by atoms with E-state index in [1.165, 1.54) is 0 Å². The Labute approximate surface area is 120 Å². The van der Waals surface area contributed by atoms with Crippen LogP contribution >= 0.6 is 0 Å². The molecule has 0 aromatic rings. The van der Waals surface area contributed by atoms with Gasteiger partial charge in [-0.15, -0.1) is 0 Å². The molecule has 0 radical (unpaired) electrons. The number of carboxylic acid groups (broad SMARTS) is 1. The number of carbonyl (C=O) groups excluding carboxylic acids is 1. The summed E-state index contributed by atoms with van der Waals surface area (Å²) in [7, 11) is 0. The van der Waals surface area contributed by atoms with Gasteiger partial charge in [0.1, 0.15) is 0 Å². The molecular weight excluding hydrogens is 258 g/mol. The zero-order valence-electron chi connectivity index (χ0n) is 12.4. The maximum atomic E-state index is 12.1. The number of carbonyl (C=O) groups is 2. The van der Waals surface area contributed by atoms with Crippen LogP contribution in [0.2, 0.25) is 0 Å². The van der Waals surface area contributed by atoms with E-state index in [4.69, 9.17) is 4.74 Å². The quantitative estimate of drug-likeness (QED) is 0.526. The average molecular weight is 283 g/mol. The van der Waals surface area contributed by atoms with Crippen molar-refractivity contribution in [2.45, 2.75) is 33.1 Å². The molecular formula is C15H25NO4. The lowest BCUT2D eigenvalue weighted by molar-refractivity contribution is -0.146. The van der Waals surface area contributed by atoms with Gasteiger partial charge in [0.25, 0.3) is 0 Å². The molecule has 1 amide bonds. The molecule has 0 aromatic carbocycles. The molecule has 0 saturated heterocycles. The molecule has 20 heavy (non-hydrogen) atoms. The first-order valence-electron chi connectivity index (χ1n) is 7.18. The number of nitrogens with one attached hydrogen (secondary N) is 1. The van der Waals surface area contributed by atoms with E-state index in [9.17, 15) is 14.7 Å². The molecule has 1 fully saturated rings. The molecule has 5 heteroatoms. The van der Waals surface area contributed by atoms with E-state index < -0.39 is 17.8 Å². The minimum absolute atomic E-state index is 0.160. The molecule has 1 aliphatic carbocycles. The van der Waals surface area contributed by atoms with Crippen LogP contribution in [-0.4, -0.2) is 36.7 Å². The van der Waals surface area contributed by atoms with Crippen LogP contribution in [-0.2, 0) is 14.3 Å². The lowest BCUT2D eigenvalue weighted by atomic mass is 9.95. The summed E-state index contributed by atoms with van der Waals surface area (Å²) in [5.74, 6) is -1.63. The van der Waals surface area contributed by atoms with E-state index in [-0.39, 0.29) is 5.91 Å². The summed E-state index contributed by atoms with van der Waals surface area (Å²) in [5.41, 5.74) is 0.934. The smallest absolute Gasteiger partial charge is 0.307 e. The number of rotatable bonds is 8. The maximum Gasteiger partial charge on any atom is 0.307 e. The van der Waals surface area contributed by atoms with Crippen molar-refractivity contribution in [3.8, 4) is 0 Å². The highest BCUT2D eigenvalue weighted by Crippen LogP contribution is 2.38. The summed E-state index contributed by atoms with van der Waals surface area (Å²) in [6.45, 7) is 8.94. The third-order valence-electron chi connectivity index (χ3n) is 3.79. The van der Waals surface area contributed by atoms with E-state index in [0.29, 0.717) is 38.5 Å². The van der Waals surface area contributed by atoms with Crippen molar-refractivity contribution in [3.63, 3.8) is 0 Å². The molecule has 0 bridgehead atoms. The van der Waals surface area contributed by atoms with Crippen molar-refractivity contribution in [3.05, 3.63) is 12.2 Å². The minimum Gasteiger partial charge on any atom is -0.481 e. The Morgan fingerprint density at radius 3 is 2.55 bits per heavy atom. The van der Waals surface area contributed by atoms with E-state index >= 15 is 0 Å². The van der Waals surface area contributed by atoms with E-state index in [0.717, 1.165) is 12.0 Å². The zero-order valence-corrected chi connectivity index (χ0v) is 12.4. The lowest BCUT2D eigenvalue weighted by Gasteiger charge is -2.15. The zero-order chi connectivity index (χ0) is 15.1. The summed E-state index contributed by atoms with van der Waals surface area (Å²) in [6, 6.07) is 0. The highest BCUT2D eigenvalue weighted by atomic mass is 16.5. The van der Waals surface area contributed by atoms with Crippen LogP contribution < -0.4 is 5.32 Å². The highest BCUT2D eigenvalue weighted by Gasteiger charge is 2.41. The fourth-order valence-electron chi connectivity index (χ4n) is 2.66. The highest BCUT2D eigenvalue weighted by molar-refractivity contribution is 5.85. The average Bonchev–Trinajstić information content (AvgIpc) is 2.82. The molecule has 1 saturated carbocycles. The van der Waals surface area contributed by atoms with Crippen molar-refractivity contribution in [1.82, 2.24) is 5.32 Å². The van der Waals surface area contributed by atoms with Gasteiger partial charge in [0.2, 0.25) is 5.91 Å². The Morgan fingerprint density at radius 2 is 2.00 bits per heavy atom. The summed E-state index contributed by atoms with van der Waals surface area (Å²) >= 11 is 0. The van der Waals surface area contributed by atoms with Gasteiger partial charge in [0.15, 0.2) is 0 Å². The fourth-order valence-corrected chi connectivity index (χ4v) is 2.66. The molecule has 2 N–H and O–H groups in total. The van der Waals surface area contributed by atoms with Crippen LogP contribution in [0.3, 0.4) is 0 Å². The number of hydrogen-bond donors (Lipinski definition) is 2. The Morgan fingerprint density at radius 1 is 1.35 bits per heavy atom. The lowest BCUT2D eigenvalue weighted by Crippen LogP contribution is -2.37. The topological polar surface area (TPSA) is 75.6 Å². The number of hydrogen-bond acceptors (Lipinski definition) is 3. The molecule has 1 aliphatic rings. The van der Waals surface area contributed by atoms with Crippen molar-refractivity contribution in [1.29, 1.82) is 0 Å². The Hall–Kier alpha value is -1.36. The van der Waals surface area contributed by atoms with Crippen molar-refractivity contribution < 1.29 is 19.4 Å². The van der Waals surface area contributed by atoms with Crippen LogP contribution in [0.1, 0.15) is 33.1 Å². The minimum atomic E-state index is -0.861. The first-order chi connectivity index (χ1) is 9.45. The first-order valence-corrected chi connectivity index (χ1v) is 7.18. The maximum absolute atomic E-state index is 12.1. The molecule has 0 aliphatic heterocycles. The van der Waals surface area contributed by atoms with Gasteiger partial charge in [-0.1, -0.05) is 25.5 Å². The number of carboxylic acids is 1. The molecule has 0 heterocycles. The molecule has 0 spiro atoms. The summed E-state index contributed by atoms with van der Waals surface area (Å²) in [6.07, 6.45) is 2.21. The molecule has 114 valence electrons. The van der Waals surface area contributed by atoms with Gasteiger partial charge >= 0.3 is 5.97 Å². The van der Waals surface area contributed by atoms with Crippen molar-refractivity contribution in [2.24, 2.45) is 17.8 Å². The summed E-state index contributed by atoms with van der Waals surface area (Å²) in [4.78, 5) is 23.3. The van der Waals surface area contributed by atoms with E-state index in [1.807, 2.05) is 13.8 Å². The van der Waals surface area contributed by atoms with Gasteiger partial charge in [-0.3, -0.25) is 9.59 Å². The van der Waals surface area contributed by atoms with Gasteiger partial charge in [-0.25, -0.2) is 0 Å². The van der Waals surface area contributed by atoms with Crippen LogP contribution in [0.5, 0.6) is 0 Å². The molecule has 5 nitrogen and oxygen atoms in total. The second kappa shape index (κ2) is 8.04. The van der Waals surface area contributed by atoms with Crippen LogP contribution in [0.25, 0.3) is 0 Å². The largest absolute Gasteiger partial charge is 0.481 e. The van der Waals surface area contributed by atoms with Crippen molar-refractivity contribution in [2.75, 3.05) is 19.8 Å². The Kier molecular flexibility index (Phi) is 6.71. The molecule has 1 unspecified atom stereocenters. The Bertz CT molecular complexity index is 367. The molecule has 0 aromatic heterocycles. The fraction of sp³-hybridized carbons (Fsp3) is 0.733. The van der Waals surface area contributed by atoms with Gasteiger partial charge in [0.05, 0.1) is 25.0 Å².